The molecule has 0 aliphatic carbocycles. The minimum absolute atomic E-state index is 0.291. The molecule has 0 aliphatic rings. The second kappa shape index (κ2) is 8.54. The molecule has 0 bridgehead atoms. The molecule has 3 N–H and O–H groups in total. The zero-order chi connectivity index (χ0) is 18.2. The predicted molar refractivity (Wildman–Crippen MR) is 96.8 cm³/mol. The Balaban J connectivity index is 2.04. The number of benzene rings is 2. The lowest BCUT2D eigenvalue weighted by molar-refractivity contribution is -0.111. The third-order valence-electron chi connectivity index (χ3n) is 3.35. The van der Waals surface area contributed by atoms with E-state index in [-0.39, 0.29) is 5.91 Å². The summed E-state index contributed by atoms with van der Waals surface area (Å²) in [5.41, 5.74) is 6.94. The lowest BCUT2D eigenvalue weighted by atomic mass is 10.2. The van der Waals surface area contributed by atoms with Crippen LogP contribution in [0.1, 0.15) is 22.8 Å². The Hall–Kier alpha value is -3.28. The highest BCUT2D eigenvalue weighted by atomic mass is 16.5. The standard InChI is InChI=1S/C19H20N2O4/c1-3-25-17-12-13(4-10-16(17)24-2)5-11-18(22)21-15-8-6-14(7-9-15)19(20)23/h4-12H,3H2,1-2H3,(H2,20,23)(H,21,22)/b11-5+. The van der Waals surface area contributed by atoms with E-state index in [1.165, 1.54) is 6.08 Å². The van der Waals surface area contributed by atoms with Crippen LogP contribution in [0.25, 0.3) is 6.08 Å². The molecule has 0 fully saturated rings. The van der Waals surface area contributed by atoms with E-state index in [9.17, 15) is 9.59 Å². The number of rotatable bonds is 7. The molecule has 0 radical (unpaired) electrons. The molecule has 0 aromatic heterocycles. The SMILES string of the molecule is CCOc1cc(/C=C/C(=O)Nc2ccc(C(N)=O)cc2)ccc1OC. The summed E-state index contributed by atoms with van der Waals surface area (Å²) in [6.07, 6.45) is 3.09. The van der Waals surface area contributed by atoms with Crippen molar-refractivity contribution in [3.8, 4) is 11.5 Å². The lowest BCUT2D eigenvalue weighted by Crippen LogP contribution is -2.11. The van der Waals surface area contributed by atoms with E-state index < -0.39 is 5.91 Å². The molecule has 130 valence electrons. The van der Waals surface area contributed by atoms with E-state index in [0.717, 1.165) is 5.56 Å². The number of primary amides is 1. The normalized spacial score (nSPS) is 10.5. The van der Waals surface area contributed by atoms with Gasteiger partial charge in [0.15, 0.2) is 11.5 Å². The van der Waals surface area contributed by atoms with Gasteiger partial charge >= 0.3 is 0 Å². The molecular weight excluding hydrogens is 320 g/mol. The third kappa shape index (κ3) is 5.10. The van der Waals surface area contributed by atoms with Gasteiger partial charge in [-0.3, -0.25) is 9.59 Å². The lowest BCUT2D eigenvalue weighted by Gasteiger charge is -2.09. The molecule has 2 aromatic carbocycles. The molecule has 0 atom stereocenters. The predicted octanol–water partition coefficient (Wildman–Crippen LogP) is 2.84. The molecule has 0 aliphatic heterocycles. The van der Waals surface area contributed by atoms with Gasteiger partial charge in [-0.25, -0.2) is 0 Å². The smallest absolute Gasteiger partial charge is 0.248 e. The first kappa shape index (κ1) is 18.1. The van der Waals surface area contributed by atoms with Gasteiger partial charge < -0.3 is 20.5 Å². The minimum atomic E-state index is -0.512. The van der Waals surface area contributed by atoms with Crippen molar-refractivity contribution in [3.05, 3.63) is 59.7 Å². The Morgan fingerprint density at radius 1 is 1.12 bits per heavy atom. The maximum absolute atomic E-state index is 12.0. The molecular formula is C19H20N2O4. The maximum Gasteiger partial charge on any atom is 0.248 e. The quantitative estimate of drug-likeness (QED) is 0.758. The minimum Gasteiger partial charge on any atom is -0.493 e. The summed E-state index contributed by atoms with van der Waals surface area (Å²) >= 11 is 0. The fourth-order valence-electron chi connectivity index (χ4n) is 2.14. The average molecular weight is 340 g/mol. The number of carbonyl (C=O) groups is 2. The number of amides is 2. The van der Waals surface area contributed by atoms with Gasteiger partial charge in [0.05, 0.1) is 13.7 Å². The van der Waals surface area contributed by atoms with Crippen LogP contribution in [0, 0.1) is 0 Å². The molecule has 0 spiro atoms. The summed E-state index contributed by atoms with van der Waals surface area (Å²) < 4.78 is 10.7. The Labute approximate surface area is 146 Å². The molecule has 0 saturated heterocycles. The van der Waals surface area contributed by atoms with Crippen molar-refractivity contribution in [3.63, 3.8) is 0 Å². The summed E-state index contributed by atoms with van der Waals surface area (Å²) in [6, 6.07) is 11.8. The fraction of sp³-hybridized carbons (Fsp3) is 0.158. The van der Waals surface area contributed by atoms with Gasteiger partial charge in [0.1, 0.15) is 0 Å². The monoisotopic (exact) mass is 340 g/mol. The first-order chi connectivity index (χ1) is 12.0. The first-order valence-corrected chi connectivity index (χ1v) is 7.73. The van der Waals surface area contributed by atoms with Crippen LogP contribution in [-0.2, 0) is 4.79 Å². The van der Waals surface area contributed by atoms with E-state index in [1.54, 1.807) is 49.6 Å². The molecule has 2 aromatic rings. The molecule has 0 unspecified atom stereocenters. The molecule has 6 nitrogen and oxygen atoms in total. The summed E-state index contributed by atoms with van der Waals surface area (Å²) in [7, 11) is 1.57. The third-order valence-corrected chi connectivity index (χ3v) is 3.35. The molecule has 2 amide bonds. The highest BCUT2D eigenvalue weighted by Gasteiger charge is 2.05. The fourth-order valence-corrected chi connectivity index (χ4v) is 2.14. The van der Waals surface area contributed by atoms with Crippen LogP contribution in [0.4, 0.5) is 5.69 Å². The second-order valence-corrected chi connectivity index (χ2v) is 5.11. The van der Waals surface area contributed by atoms with Gasteiger partial charge in [0.2, 0.25) is 11.8 Å². The summed E-state index contributed by atoms with van der Waals surface area (Å²) in [6.45, 7) is 2.41. The zero-order valence-corrected chi connectivity index (χ0v) is 14.1. The van der Waals surface area contributed by atoms with Crippen molar-refractivity contribution < 1.29 is 19.1 Å². The number of hydrogen-bond acceptors (Lipinski definition) is 4. The Morgan fingerprint density at radius 2 is 1.84 bits per heavy atom. The number of methoxy groups -OCH3 is 1. The van der Waals surface area contributed by atoms with Crippen LogP contribution >= 0.6 is 0 Å². The van der Waals surface area contributed by atoms with Crippen molar-refractivity contribution in [2.45, 2.75) is 6.92 Å². The number of anilines is 1. The average Bonchev–Trinajstić information content (AvgIpc) is 2.61. The number of hydrogen-bond donors (Lipinski definition) is 2. The summed E-state index contributed by atoms with van der Waals surface area (Å²) in [5.74, 6) is 0.454. The Morgan fingerprint density at radius 3 is 2.44 bits per heavy atom. The van der Waals surface area contributed by atoms with Crippen LogP contribution < -0.4 is 20.5 Å². The largest absolute Gasteiger partial charge is 0.493 e. The topological polar surface area (TPSA) is 90.6 Å². The van der Waals surface area contributed by atoms with Gasteiger partial charge in [-0.05, 0) is 55.0 Å². The van der Waals surface area contributed by atoms with Crippen molar-refractivity contribution >= 4 is 23.6 Å². The molecule has 25 heavy (non-hydrogen) atoms. The van der Waals surface area contributed by atoms with E-state index >= 15 is 0 Å². The number of carbonyl (C=O) groups excluding carboxylic acids is 2. The number of nitrogens with one attached hydrogen (secondary N) is 1. The van der Waals surface area contributed by atoms with E-state index in [1.807, 2.05) is 13.0 Å². The van der Waals surface area contributed by atoms with E-state index in [4.69, 9.17) is 15.2 Å². The number of nitrogens with two attached hydrogens (primary N) is 1. The maximum atomic E-state index is 12.0. The van der Waals surface area contributed by atoms with E-state index in [0.29, 0.717) is 29.4 Å². The Kier molecular flexibility index (Phi) is 6.17. The van der Waals surface area contributed by atoms with Gasteiger partial charge in [-0.2, -0.15) is 0 Å². The number of ether oxygens (including phenoxy) is 2. The first-order valence-electron chi connectivity index (χ1n) is 7.73. The molecule has 0 heterocycles. The van der Waals surface area contributed by atoms with E-state index in [2.05, 4.69) is 5.32 Å². The highest BCUT2D eigenvalue weighted by Crippen LogP contribution is 2.28. The summed E-state index contributed by atoms with van der Waals surface area (Å²) in [4.78, 5) is 23.0. The van der Waals surface area contributed by atoms with Crippen LogP contribution in [0.2, 0.25) is 0 Å². The summed E-state index contributed by atoms with van der Waals surface area (Å²) in [5, 5.41) is 2.71. The van der Waals surface area contributed by atoms with Crippen LogP contribution in [0.3, 0.4) is 0 Å². The molecule has 0 saturated carbocycles. The highest BCUT2D eigenvalue weighted by molar-refractivity contribution is 6.02. The van der Waals surface area contributed by atoms with Crippen LogP contribution in [0.15, 0.2) is 48.5 Å². The van der Waals surface area contributed by atoms with Crippen molar-refractivity contribution in [2.24, 2.45) is 5.73 Å². The van der Waals surface area contributed by atoms with Crippen LogP contribution in [-0.4, -0.2) is 25.5 Å². The molecule has 6 heteroatoms. The molecule has 2 rings (SSSR count). The van der Waals surface area contributed by atoms with Crippen molar-refractivity contribution in [1.29, 1.82) is 0 Å². The van der Waals surface area contributed by atoms with Gasteiger partial charge in [-0.15, -0.1) is 0 Å². The van der Waals surface area contributed by atoms with Gasteiger partial charge in [0.25, 0.3) is 0 Å². The Bertz CT molecular complexity index is 783. The van der Waals surface area contributed by atoms with Crippen LogP contribution in [0.5, 0.6) is 11.5 Å². The zero-order valence-electron chi connectivity index (χ0n) is 14.1. The second-order valence-electron chi connectivity index (χ2n) is 5.11. The van der Waals surface area contributed by atoms with Gasteiger partial charge in [0, 0.05) is 17.3 Å². The van der Waals surface area contributed by atoms with Crippen molar-refractivity contribution in [2.75, 3.05) is 19.0 Å². The van der Waals surface area contributed by atoms with Crippen molar-refractivity contribution in [1.82, 2.24) is 0 Å². The van der Waals surface area contributed by atoms with Gasteiger partial charge in [-0.1, -0.05) is 6.07 Å².